The third kappa shape index (κ3) is 7.08. The van der Waals surface area contributed by atoms with E-state index in [0.29, 0.717) is 22.0 Å². The lowest BCUT2D eigenvalue weighted by molar-refractivity contribution is -0.274. The molecule has 0 aliphatic carbocycles. The number of ketones is 1. The molecule has 0 fully saturated rings. The Morgan fingerprint density at radius 3 is 2.32 bits per heavy atom. The van der Waals surface area contributed by atoms with Crippen molar-refractivity contribution in [2.45, 2.75) is 13.0 Å². The van der Waals surface area contributed by atoms with Gasteiger partial charge in [-0.05, 0) is 54.1 Å². The number of carbonyl (C=O) groups is 1. The van der Waals surface area contributed by atoms with Gasteiger partial charge in [-0.3, -0.25) is 4.79 Å². The molecule has 0 aliphatic heterocycles. The fraction of sp³-hybridized carbons (Fsp3) is 0.0870. The molecule has 3 aromatic rings. The van der Waals surface area contributed by atoms with Crippen LogP contribution in [0.25, 0.3) is 0 Å². The third-order valence-electron chi connectivity index (χ3n) is 4.03. The van der Waals surface area contributed by atoms with Gasteiger partial charge < -0.3 is 14.8 Å². The number of allylic oxidation sites excluding steroid dienone is 1. The first kappa shape index (κ1) is 22.2. The highest BCUT2D eigenvalue weighted by Gasteiger charge is 2.30. The standard InChI is InChI=1S/C23H17ClF3NO3/c24-17-7-5-16(6-8-17)15-30-22-4-2-1-3-20(22)21(29)13-14-28-18-9-11-19(12-10-18)31-23(25,26)27/h1-14,28H,15H2/b14-13+. The summed E-state index contributed by atoms with van der Waals surface area (Å²) >= 11 is 5.87. The van der Waals surface area contributed by atoms with E-state index >= 15 is 0 Å². The molecule has 0 saturated carbocycles. The molecule has 0 atom stereocenters. The maximum atomic E-state index is 12.6. The van der Waals surface area contributed by atoms with Gasteiger partial charge in [0.1, 0.15) is 18.1 Å². The van der Waals surface area contributed by atoms with Crippen LogP contribution in [0.3, 0.4) is 0 Å². The van der Waals surface area contributed by atoms with E-state index in [1.165, 1.54) is 36.5 Å². The molecule has 0 spiro atoms. The van der Waals surface area contributed by atoms with Gasteiger partial charge in [0, 0.05) is 23.0 Å². The molecule has 0 bridgehead atoms. The predicted octanol–water partition coefficient (Wildman–Crippen LogP) is 6.63. The maximum absolute atomic E-state index is 12.6. The molecule has 3 aromatic carbocycles. The predicted molar refractivity (Wildman–Crippen MR) is 112 cm³/mol. The zero-order valence-electron chi connectivity index (χ0n) is 16.0. The minimum Gasteiger partial charge on any atom is -0.488 e. The molecule has 160 valence electrons. The first-order valence-electron chi connectivity index (χ1n) is 9.10. The first-order valence-corrected chi connectivity index (χ1v) is 9.47. The molecule has 3 rings (SSSR count). The van der Waals surface area contributed by atoms with Crippen molar-refractivity contribution in [1.82, 2.24) is 0 Å². The summed E-state index contributed by atoms with van der Waals surface area (Å²) in [5, 5.41) is 3.45. The number of hydrogen-bond acceptors (Lipinski definition) is 4. The van der Waals surface area contributed by atoms with Crippen LogP contribution in [0.4, 0.5) is 18.9 Å². The number of anilines is 1. The molecular formula is C23H17ClF3NO3. The average Bonchev–Trinajstić information content (AvgIpc) is 2.74. The van der Waals surface area contributed by atoms with Gasteiger partial charge in [-0.25, -0.2) is 0 Å². The number of alkyl halides is 3. The fourth-order valence-corrected chi connectivity index (χ4v) is 2.72. The van der Waals surface area contributed by atoms with E-state index in [1.54, 1.807) is 36.4 Å². The molecule has 0 aromatic heterocycles. The van der Waals surface area contributed by atoms with E-state index in [-0.39, 0.29) is 18.1 Å². The number of benzene rings is 3. The molecule has 1 N–H and O–H groups in total. The zero-order valence-corrected chi connectivity index (χ0v) is 16.8. The molecular weight excluding hydrogens is 431 g/mol. The first-order chi connectivity index (χ1) is 14.8. The van der Waals surface area contributed by atoms with Crippen LogP contribution in [0.15, 0.2) is 85.1 Å². The molecule has 0 unspecified atom stereocenters. The van der Waals surface area contributed by atoms with E-state index in [4.69, 9.17) is 16.3 Å². The lowest BCUT2D eigenvalue weighted by Crippen LogP contribution is -2.16. The Balaban J connectivity index is 1.60. The van der Waals surface area contributed by atoms with Crippen molar-refractivity contribution in [1.29, 1.82) is 0 Å². The molecule has 8 heteroatoms. The second-order valence-corrected chi connectivity index (χ2v) is 6.76. The highest BCUT2D eigenvalue weighted by molar-refractivity contribution is 6.30. The van der Waals surface area contributed by atoms with Crippen molar-refractivity contribution >= 4 is 23.1 Å². The number of nitrogens with one attached hydrogen (secondary N) is 1. The van der Waals surface area contributed by atoms with Crippen molar-refractivity contribution in [3.05, 3.63) is 101 Å². The van der Waals surface area contributed by atoms with E-state index in [0.717, 1.165) is 5.56 Å². The van der Waals surface area contributed by atoms with Gasteiger partial charge in [0.2, 0.25) is 0 Å². The summed E-state index contributed by atoms with van der Waals surface area (Å²) < 4.78 is 46.2. The smallest absolute Gasteiger partial charge is 0.488 e. The van der Waals surface area contributed by atoms with Gasteiger partial charge in [-0.2, -0.15) is 0 Å². The number of rotatable bonds is 8. The number of carbonyl (C=O) groups excluding carboxylic acids is 1. The minimum absolute atomic E-state index is 0.274. The van der Waals surface area contributed by atoms with Crippen LogP contribution in [0, 0.1) is 0 Å². The molecule has 0 radical (unpaired) electrons. The summed E-state index contributed by atoms with van der Waals surface area (Å²) in [6, 6.07) is 19.2. The summed E-state index contributed by atoms with van der Waals surface area (Å²) in [6.45, 7) is 0.274. The van der Waals surface area contributed by atoms with Gasteiger partial charge in [-0.1, -0.05) is 35.9 Å². The largest absolute Gasteiger partial charge is 0.573 e. The van der Waals surface area contributed by atoms with Crippen molar-refractivity contribution in [2.75, 3.05) is 5.32 Å². The second-order valence-electron chi connectivity index (χ2n) is 6.33. The fourth-order valence-electron chi connectivity index (χ4n) is 2.59. The minimum atomic E-state index is -4.75. The summed E-state index contributed by atoms with van der Waals surface area (Å²) in [4.78, 5) is 12.6. The highest BCUT2D eigenvalue weighted by Crippen LogP contribution is 2.24. The van der Waals surface area contributed by atoms with Crippen LogP contribution in [0.1, 0.15) is 15.9 Å². The number of hydrogen-bond donors (Lipinski definition) is 1. The number of halogens is 4. The van der Waals surface area contributed by atoms with E-state index < -0.39 is 6.36 Å². The van der Waals surface area contributed by atoms with Crippen molar-refractivity contribution in [2.24, 2.45) is 0 Å². The summed E-state index contributed by atoms with van der Waals surface area (Å²) in [6.07, 6.45) is -2.03. The van der Waals surface area contributed by atoms with Crippen molar-refractivity contribution < 1.29 is 27.4 Å². The molecule has 0 amide bonds. The quantitative estimate of drug-likeness (QED) is 0.311. The van der Waals surface area contributed by atoms with E-state index in [1.807, 2.05) is 12.1 Å². The number of ether oxygens (including phenoxy) is 2. The van der Waals surface area contributed by atoms with Crippen LogP contribution in [0.5, 0.6) is 11.5 Å². The summed E-state index contributed by atoms with van der Waals surface area (Å²) in [5.41, 5.74) is 1.77. The van der Waals surface area contributed by atoms with Crippen LogP contribution >= 0.6 is 11.6 Å². The SMILES string of the molecule is O=C(/C=C/Nc1ccc(OC(F)(F)F)cc1)c1ccccc1OCc1ccc(Cl)cc1. The topological polar surface area (TPSA) is 47.6 Å². The Morgan fingerprint density at radius 2 is 1.65 bits per heavy atom. The second kappa shape index (κ2) is 10.0. The van der Waals surface area contributed by atoms with Crippen LogP contribution in [-0.4, -0.2) is 12.1 Å². The highest BCUT2D eigenvalue weighted by atomic mass is 35.5. The average molecular weight is 448 g/mol. The van der Waals surface area contributed by atoms with Crippen molar-refractivity contribution in [3.63, 3.8) is 0 Å². The van der Waals surface area contributed by atoms with Crippen LogP contribution < -0.4 is 14.8 Å². The normalized spacial score (nSPS) is 11.4. The Bertz CT molecular complexity index is 1050. The molecule has 4 nitrogen and oxygen atoms in total. The van der Waals surface area contributed by atoms with Gasteiger partial charge in [-0.15, -0.1) is 13.2 Å². The monoisotopic (exact) mass is 447 g/mol. The van der Waals surface area contributed by atoms with Crippen molar-refractivity contribution in [3.8, 4) is 11.5 Å². The number of para-hydroxylation sites is 1. The molecule has 0 heterocycles. The van der Waals surface area contributed by atoms with E-state index in [9.17, 15) is 18.0 Å². The molecule has 0 aliphatic rings. The zero-order chi connectivity index (χ0) is 22.3. The Labute approximate surface area is 181 Å². The summed E-state index contributed by atoms with van der Waals surface area (Å²) in [7, 11) is 0. The van der Waals surface area contributed by atoms with Gasteiger partial charge >= 0.3 is 6.36 Å². The Kier molecular flexibility index (Phi) is 7.20. The molecule has 31 heavy (non-hydrogen) atoms. The third-order valence-corrected chi connectivity index (χ3v) is 4.28. The summed E-state index contributed by atoms with van der Waals surface area (Å²) in [5.74, 6) is -0.193. The Hall–Kier alpha value is -3.45. The Morgan fingerprint density at radius 1 is 0.968 bits per heavy atom. The lowest BCUT2D eigenvalue weighted by atomic mass is 10.1. The van der Waals surface area contributed by atoms with Gasteiger partial charge in [0.25, 0.3) is 0 Å². The van der Waals surface area contributed by atoms with Gasteiger partial charge in [0.15, 0.2) is 5.78 Å². The molecule has 0 saturated heterocycles. The van der Waals surface area contributed by atoms with Crippen LogP contribution in [-0.2, 0) is 6.61 Å². The van der Waals surface area contributed by atoms with Crippen LogP contribution in [0.2, 0.25) is 5.02 Å². The van der Waals surface area contributed by atoms with E-state index in [2.05, 4.69) is 10.1 Å². The lowest BCUT2D eigenvalue weighted by Gasteiger charge is -2.10. The van der Waals surface area contributed by atoms with Gasteiger partial charge in [0.05, 0.1) is 5.56 Å². The maximum Gasteiger partial charge on any atom is 0.573 e.